The van der Waals surface area contributed by atoms with Crippen LogP contribution in [0.1, 0.15) is 24.1 Å². The molecule has 3 rings (SSSR count). The van der Waals surface area contributed by atoms with E-state index >= 15 is 0 Å². The molecule has 0 saturated heterocycles. The van der Waals surface area contributed by atoms with Gasteiger partial charge in [-0.05, 0) is 37.6 Å². The minimum Gasteiger partial charge on any atom is -0.327 e. The molecule has 25 heavy (non-hydrogen) atoms. The molecule has 2 aromatic rings. The summed E-state index contributed by atoms with van der Waals surface area (Å²) in [6.07, 6.45) is 0. The molecule has 6 heteroatoms. The Hall–Kier alpha value is -2.60. The first-order valence-corrected chi connectivity index (χ1v) is 8.65. The lowest BCUT2D eigenvalue weighted by atomic mass is 9.95. The van der Waals surface area contributed by atoms with Crippen molar-refractivity contribution in [1.82, 2.24) is 10.6 Å². The maximum absolute atomic E-state index is 12.9. The number of benzene rings is 2. The SMILES string of the molecule is CC1=C(C(=O)Nc2ccc(C)cc2)C(c2ccccc2Br)NC(=O)N1. The highest BCUT2D eigenvalue weighted by atomic mass is 79.9. The molecule has 0 radical (unpaired) electrons. The number of hydrogen-bond acceptors (Lipinski definition) is 2. The molecule has 1 atom stereocenters. The van der Waals surface area contributed by atoms with Crippen LogP contribution in [-0.2, 0) is 4.79 Å². The number of amides is 3. The predicted octanol–water partition coefficient (Wildman–Crippen LogP) is 4.02. The van der Waals surface area contributed by atoms with Gasteiger partial charge in [0.1, 0.15) is 0 Å². The summed E-state index contributed by atoms with van der Waals surface area (Å²) in [7, 11) is 0. The van der Waals surface area contributed by atoms with Crippen LogP contribution >= 0.6 is 15.9 Å². The number of anilines is 1. The fraction of sp³-hybridized carbons (Fsp3) is 0.158. The zero-order chi connectivity index (χ0) is 18.0. The fourth-order valence-electron chi connectivity index (χ4n) is 2.77. The summed E-state index contributed by atoms with van der Waals surface area (Å²) in [5.74, 6) is -0.255. The quantitative estimate of drug-likeness (QED) is 0.728. The van der Waals surface area contributed by atoms with E-state index in [4.69, 9.17) is 0 Å². The second-order valence-electron chi connectivity index (χ2n) is 5.91. The van der Waals surface area contributed by atoms with E-state index in [1.54, 1.807) is 6.92 Å². The number of hydrogen-bond donors (Lipinski definition) is 3. The number of carbonyl (C=O) groups excluding carboxylic acids is 2. The number of urea groups is 1. The molecular weight excluding hydrogens is 382 g/mol. The lowest BCUT2D eigenvalue weighted by molar-refractivity contribution is -0.113. The largest absolute Gasteiger partial charge is 0.327 e. The number of rotatable bonds is 3. The minimum atomic E-state index is -0.533. The summed E-state index contributed by atoms with van der Waals surface area (Å²) in [6.45, 7) is 3.72. The average Bonchev–Trinajstić information content (AvgIpc) is 2.56. The molecular formula is C19H18BrN3O2. The number of allylic oxidation sites excluding steroid dienone is 1. The molecule has 0 saturated carbocycles. The van der Waals surface area contributed by atoms with Gasteiger partial charge in [-0.15, -0.1) is 0 Å². The van der Waals surface area contributed by atoms with Gasteiger partial charge in [0.15, 0.2) is 0 Å². The monoisotopic (exact) mass is 399 g/mol. The van der Waals surface area contributed by atoms with Crippen LogP contribution in [0.4, 0.5) is 10.5 Å². The van der Waals surface area contributed by atoms with Gasteiger partial charge in [-0.25, -0.2) is 4.79 Å². The zero-order valence-corrected chi connectivity index (χ0v) is 15.5. The fourth-order valence-corrected chi connectivity index (χ4v) is 3.29. The minimum absolute atomic E-state index is 0.255. The van der Waals surface area contributed by atoms with Crippen molar-refractivity contribution in [2.75, 3.05) is 5.32 Å². The Bertz CT molecular complexity index is 859. The highest BCUT2D eigenvalue weighted by Gasteiger charge is 2.32. The van der Waals surface area contributed by atoms with Gasteiger partial charge in [-0.1, -0.05) is 51.8 Å². The maximum Gasteiger partial charge on any atom is 0.319 e. The van der Waals surface area contributed by atoms with Gasteiger partial charge in [0.05, 0.1) is 11.6 Å². The van der Waals surface area contributed by atoms with Crippen LogP contribution in [0.5, 0.6) is 0 Å². The molecule has 3 amide bonds. The van der Waals surface area contributed by atoms with E-state index in [-0.39, 0.29) is 11.9 Å². The number of carbonyl (C=O) groups is 2. The smallest absolute Gasteiger partial charge is 0.319 e. The molecule has 5 nitrogen and oxygen atoms in total. The van der Waals surface area contributed by atoms with Crippen molar-refractivity contribution >= 4 is 33.6 Å². The standard InChI is InChI=1S/C19H18BrN3O2/c1-11-7-9-13(10-8-11)22-18(24)16-12(2)21-19(25)23-17(16)14-5-3-4-6-15(14)20/h3-10,17H,1-2H3,(H,22,24)(H2,21,23,25). The van der Waals surface area contributed by atoms with Crippen LogP contribution in [0.3, 0.4) is 0 Å². The van der Waals surface area contributed by atoms with Gasteiger partial charge in [-0.2, -0.15) is 0 Å². The van der Waals surface area contributed by atoms with Crippen LogP contribution in [0.2, 0.25) is 0 Å². The van der Waals surface area contributed by atoms with Gasteiger partial charge < -0.3 is 16.0 Å². The highest BCUT2D eigenvalue weighted by Crippen LogP contribution is 2.32. The Morgan fingerprint density at radius 3 is 2.44 bits per heavy atom. The lowest BCUT2D eigenvalue weighted by Gasteiger charge is -2.29. The molecule has 1 unspecified atom stereocenters. The van der Waals surface area contributed by atoms with Crippen molar-refractivity contribution in [2.45, 2.75) is 19.9 Å². The number of aryl methyl sites for hydroxylation is 1. The molecule has 0 aromatic heterocycles. The topological polar surface area (TPSA) is 70.2 Å². The van der Waals surface area contributed by atoms with E-state index in [9.17, 15) is 9.59 Å². The van der Waals surface area contributed by atoms with Crippen molar-refractivity contribution in [3.05, 3.63) is 75.4 Å². The highest BCUT2D eigenvalue weighted by molar-refractivity contribution is 9.10. The molecule has 0 spiro atoms. The molecule has 2 aromatic carbocycles. The lowest BCUT2D eigenvalue weighted by Crippen LogP contribution is -2.46. The molecule has 0 bridgehead atoms. The first kappa shape index (κ1) is 17.2. The summed E-state index contributed by atoms with van der Waals surface area (Å²) in [4.78, 5) is 24.8. The van der Waals surface area contributed by atoms with Gasteiger partial charge in [0.2, 0.25) is 0 Å². The third-order valence-electron chi connectivity index (χ3n) is 4.04. The second kappa shape index (κ2) is 7.11. The van der Waals surface area contributed by atoms with E-state index in [2.05, 4.69) is 31.9 Å². The molecule has 1 aliphatic rings. The van der Waals surface area contributed by atoms with Gasteiger partial charge >= 0.3 is 6.03 Å². The Balaban J connectivity index is 1.96. The van der Waals surface area contributed by atoms with E-state index < -0.39 is 6.04 Å². The summed E-state index contributed by atoms with van der Waals surface area (Å²) in [5.41, 5.74) is 3.66. The van der Waals surface area contributed by atoms with Crippen LogP contribution in [0.25, 0.3) is 0 Å². The van der Waals surface area contributed by atoms with E-state index in [1.165, 1.54) is 0 Å². The third kappa shape index (κ3) is 3.74. The Labute approximate surface area is 154 Å². The van der Waals surface area contributed by atoms with Crippen LogP contribution in [0, 0.1) is 6.92 Å². The van der Waals surface area contributed by atoms with Crippen molar-refractivity contribution in [3.63, 3.8) is 0 Å². The normalized spacial score (nSPS) is 16.9. The first-order valence-electron chi connectivity index (χ1n) is 7.86. The van der Waals surface area contributed by atoms with Gasteiger partial charge in [0.25, 0.3) is 5.91 Å². The van der Waals surface area contributed by atoms with Gasteiger partial charge in [-0.3, -0.25) is 4.79 Å². The Morgan fingerprint density at radius 2 is 1.76 bits per heavy atom. The molecule has 1 heterocycles. The molecule has 0 fully saturated rings. The average molecular weight is 400 g/mol. The molecule has 3 N–H and O–H groups in total. The molecule has 128 valence electrons. The molecule has 1 aliphatic heterocycles. The second-order valence-corrected chi connectivity index (χ2v) is 6.77. The Morgan fingerprint density at radius 1 is 1.08 bits per heavy atom. The first-order chi connectivity index (χ1) is 12.0. The van der Waals surface area contributed by atoms with E-state index in [1.807, 2.05) is 55.5 Å². The summed E-state index contributed by atoms with van der Waals surface area (Å²) < 4.78 is 0.829. The number of halogens is 1. The summed E-state index contributed by atoms with van der Waals surface area (Å²) in [5, 5.41) is 8.41. The summed E-state index contributed by atoms with van der Waals surface area (Å²) in [6, 6.07) is 14.2. The van der Waals surface area contributed by atoms with Crippen LogP contribution in [-0.4, -0.2) is 11.9 Å². The predicted molar refractivity (Wildman–Crippen MR) is 101 cm³/mol. The molecule has 0 aliphatic carbocycles. The Kier molecular flexibility index (Phi) is 4.90. The summed E-state index contributed by atoms with van der Waals surface area (Å²) >= 11 is 3.50. The number of nitrogens with one attached hydrogen (secondary N) is 3. The van der Waals surface area contributed by atoms with Crippen molar-refractivity contribution in [2.24, 2.45) is 0 Å². The maximum atomic E-state index is 12.9. The van der Waals surface area contributed by atoms with E-state index in [0.29, 0.717) is 17.0 Å². The van der Waals surface area contributed by atoms with Crippen LogP contribution in [0.15, 0.2) is 64.3 Å². The van der Waals surface area contributed by atoms with Crippen LogP contribution < -0.4 is 16.0 Å². The third-order valence-corrected chi connectivity index (χ3v) is 4.76. The van der Waals surface area contributed by atoms with E-state index in [0.717, 1.165) is 15.6 Å². The van der Waals surface area contributed by atoms with Crippen molar-refractivity contribution < 1.29 is 9.59 Å². The van der Waals surface area contributed by atoms with Crippen molar-refractivity contribution in [3.8, 4) is 0 Å². The van der Waals surface area contributed by atoms with Crippen molar-refractivity contribution in [1.29, 1.82) is 0 Å². The van der Waals surface area contributed by atoms with Gasteiger partial charge in [0, 0.05) is 15.9 Å². The zero-order valence-electron chi connectivity index (χ0n) is 13.9.